The Morgan fingerprint density at radius 1 is 1.03 bits per heavy atom. The maximum atomic E-state index is 14.8. The molecule has 0 spiro atoms. The predicted molar refractivity (Wildman–Crippen MR) is 128 cm³/mol. The highest BCUT2D eigenvalue weighted by Gasteiger charge is 2.41. The second kappa shape index (κ2) is 8.19. The Bertz CT molecular complexity index is 1440. The molecule has 0 aliphatic carbocycles. The molecule has 4 aliphatic heterocycles. The fourth-order valence-corrected chi connectivity index (χ4v) is 6.06. The lowest BCUT2D eigenvalue weighted by molar-refractivity contribution is -0.00858. The number of amides is 1. The third-order valence-corrected chi connectivity index (χ3v) is 7.79. The Balaban J connectivity index is 1.06. The summed E-state index contributed by atoms with van der Waals surface area (Å²) in [7, 11) is 0. The monoisotopic (exact) mass is 492 g/mol. The number of hydrogen-bond acceptors (Lipinski definition) is 7. The van der Waals surface area contributed by atoms with E-state index in [-0.39, 0.29) is 35.4 Å². The lowest BCUT2D eigenvalue weighted by Gasteiger charge is -2.44. The minimum Gasteiger partial charge on any atom is -0.486 e. The van der Waals surface area contributed by atoms with Gasteiger partial charge in [0.1, 0.15) is 25.1 Å². The quantitative estimate of drug-likeness (QED) is 0.556. The number of hydrogen-bond donors (Lipinski definition) is 0. The van der Waals surface area contributed by atoms with Crippen molar-refractivity contribution in [2.45, 2.75) is 25.0 Å². The number of rotatable bonds is 3. The minimum absolute atomic E-state index is 0.141. The lowest BCUT2D eigenvalue weighted by Crippen LogP contribution is -2.56. The van der Waals surface area contributed by atoms with Gasteiger partial charge in [-0.15, -0.1) is 0 Å². The van der Waals surface area contributed by atoms with Gasteiger partial charge in [0, 0.05) is 55.7 Å². The van der Waals surface area contributed by atoms with Crippen LogP contribution in [-0.2, 0) is 11.3 Å². The zero-order chi connectivity index (χ0) is 24.4. The maximum absolute atomic E-state index is 14.8. The summed E-state index contributed by atoms with van der Waals surface area (Å²) in [6, 6.07) is 8.65. The van der Waals surface area contributed by atoms with Gasteiger partial charge >= 0.3 is 6.09 Å². The van der Waals surface area contributed by atoms with Gasteiger partial charge in [-0.2, -0.15) is 0 Å². The summed E-state index contributed by atoms with van der Waals surface area (Å²) < 4.78 is 33.6. The van der Waals surface area contributed by atoms with Crippen molar-refractivity contribution in [3.63, 3.8) is 0 Å². The van der Waals surface area contributed by atoms with E-state index >= 15 is 0 Å². The number of carbonyl (C=O) groups excluding carboxylic acids is 1. The Labute approximate surface area is 206 Å². The van der Waals surface area contributed by atoms with Gasteiger partial charge in [0.2, 0.25) is 0 Å². The Morgan fingerprint density at radius 3 is 2.78 bits per heavy atom. The van der Waals surface area contributed by atoms with Crippen molar-refractivity contribution in [3.05, 3.63) is 58.3 Å². The van der Waals surface area contributed by atoms with Crippen LogP contribution in [-0.4, -0.2) is 66.0 Å². The number of aromatic nitrogens is 2. The Hall–Kier alpha value is -3.66. The molecule has 2 unspecified atom stereocenters. The minimum atomic E-state index is -0.378. The van der Waals surface area contributed by atoms with E-state index in [1.165, 1.54) is 12.3 Å². The van der Waals surface area contributed by atoms with E-state index in [9.17, 15) is 14.0 Å². The van der Waals surface area contributed by atoms with Gasteiger partial charge in [-0.05, 0) is 31.2 Å². The van der Waals surface area contributed by atoms with Crippen LogP contribution in [0.3, 0.4) is 0 Å². The van der Waals surface area contributed by atoms with E-state index in [1.807, 2.05) is 18.2 Å². The molecular weight excluding hydrogens is 467 g/mol. The van der Waals surface area contributed by atoms with Crippen molar-refractivity contribution in [2.24, 2.45) is 5.92 Å². The number of pyridine rings is 2. The van der Waals surface area contributed by atoms with Gasteiger partial charge < -0.3 is 18.8 Å². The number of nitrogens with zero attached hydrogens (tertiary/aromatic N) is 4. The number of piperidine rings is 1. The fraction of sp³-hybridized carbons (Fsp3) is 0.423. The first-order valence-corrected chi connectivity index (χ1v) is 12.3. The first-order valence-electron chi connectivity index (χ1n) is 12.3. The molecule has 1 amide bonds. The Kier molecular flexibility index (Phi) is 4.92. The molecule has 0 radical (unpaired) electrons. The molecule has 10 heteroatoms. The van der Waals surface area contributed by atoms with E-state index in [1.54, 1.807) is 15.5 Å². The molecule has 3 atom stereocenters. The number of fused-ring (bicyclic) bond motifs is 2. The van der Waals surface area contributed by atoms with Crippen molar-refractivity contribution >= 4 is 22.8 Å². The summed E-state index contributed by atoms with van der Waals surface area (Å²) in [5.74, 6) is 0.979. The zero-order valence-corrected chi connectivity index (χ0v) is 19.6. The van der Waals surface area contributed by atoms with Gasteiger partial charge in [0.15, 0.2) is 11.5 Å². The van der Waals surface area contributed by atoms with Gasteiger partial charge in [-0.25, -0.2) is 9.18 Å². The van der Waals surface area contributed by atoms with Gasteiger partial charge in [0.05, 0.1) is 22.9 Å². The first-order chi connectivity index (χ1) is 17.5. The number of anilines is 1. The van der Waals surface area contributed by atoms with Gasteiger partial charge in [-0.1, -0.05) is 0 Å². The second-order valence-electron chi connectivity index (χ2n) is 9.90. The molecule has 1 aromatic carbocycles. The van der Waals surface area contributed by atoms with E-state index in [4.69, 9.17) is 14.2 Å². The lowest BCUT2D eigenvalue weighted by atomic mass is 9.90. The van der Waals surface area contributed by atoms with Gasteiger partial charge in [0.25, 0.3) is 5.56 Å². The van der Waals surface area contributed by atoms with E-state index in [0.29, 0.717) is 67.5 Å². The third-order valence-electron chi connectivity index (χ3n) is 7.79. The smallest absolute Gasteiger partial charge is 0.414 e. The van der Waals surface area contributed by atoms with E-state index < -0.39 is 0 Å². The number of likely N-dealkylation sites (tertiary alicyclic amines) is 1. The highest BCUT2D eigenvalue weighted by molar-refractivity contribution is 5.89. The van der Waals surface area contributed by atoms with Crippen molar-refractivity contribution in [2.75, 3.05) is 44.3 Å². The van der Waals surface area contributed by atoms with Crippen LogP contribution in [0.2, 0.25) is 0 Å². The number of benzene rings is 1. The van der Waals surface area contributed by atoms with Crippen LogP contribution >= 0.6 is 0 Å². The molecule has 186 valence electrons. The van der Waals surface area contributed by atoms with E-state index in [2.05, 4.69) is 9.88 Å². The van der Waals surface area contributed by atoms with Crippen molar-refractivity contribution in [3.8, 4) is 11.5 Å². The van der Waals surface area contributed by atoms with Crippen LogP contribution < -0.4 is 19.9 Å². The molecule has 0 saturated carbocycles. The molecule has 3 aromatic rings. The summed E-state index contributed by atoms with van der Waals surface area (Å²) in [6.45, 7) is 3.98. The largest absolute Gasteiger partial charge is 0.486 e. The average Bonchev–Trinajstić information content (AvgIpc) is 3.28. The SMILES string of the molecule is O=C1OC2CN(CC3Cn4c(=O)ccc5ncc(F)c3c54)CC[C@@H]2CN1c1ccc2c(c1)OCCO2. The zero-order valence-electron chi connectivity index (χ0n) is 19.6. The van der Waals surface area contributed by atoms with Crippen molar-refractivity contribution < 1.29 is 23.4 Å². The normalized spacial score (nSPS) is 25.1. The molecule has 2 saturated heterocycles. The van der Waals surface area contributed by atoms with E-state index in [0.717, 1.165) is 18.7 Å². The molecule has 9 nitrogen and oxygen atoms in total. The summed E-state index contributed by atoms with van der Waals surface area (Å²) in [4.78, 5) is 33.4. The highest BCUT2D eigenvalue weighted by atomic mass is 19.1. The van der Waals surface area contributed by atoms with Gasteiger partial charge in [-0.3, -0.25) is 19.6 Å². The summed E-state index contributed by atoms with van der Waals surface area (Å²) in [5.41, 5.74) is 2.38. The summed E-state index contributed by atoms with van der Waals surface area (Å²) in [5, 5.41) is 0. The van der Waals surface area contributed by atoms with Crippen molar-refractivity contribution in [1.29, 1.82) is 0 Å². The van der Waals surface area contributed by atoms with Crippen LogP contribution in [0.25, 0.3) is 11.0 Å². The van der Waals surface area contributed by atoms with Crippen LogP contribution in [0, 0.1) is 11.7 Å². The topological polar surface area (TPSA) is 86.1 Å². The standard InChI is InChI=1S/C26H25FN4O5/c27-18-10-28-19-2-4-23(32)31-13-16(24(18)25(19)31)11-29-6-5-15-12-30(26(33)36-22(15)14-29)17-1-3-20-21(9-17)35-8-7-34-20/h1-4,9-10,15-16,22H,5-8,11-14H2/t15-,16?,22?/m1/s1. The van der Waals surface area contributed by atoms with Crippen LogP contribution in [0.4, 0.5) is 14.9 Å². The highest BCUT2D eigenvalue weighted by Crippen LogP contribution is 2.38. The van der Waals surface area contributed by atoms with Crippen LogP contribution in [0.15, 0.2) is 41.3 Å². The van der Waals surface area contributed by atoms with Crippen molar-refractivity contribution in [1.82, 2.24) is 14.5 Å². The molecule has 36 heavy (non-hydrogen) atoms. The number of halogens is 1. The Morgan fingerprint density at radius 2 is 1.89 bits per heavy atom. The van der Waals surface area contributed by atoms with Crippen LogP contribution in [0.1, 0.15) is 17.9 Å². The summed E-state index contributed by atoms with van der Waals surface area (Å²) in [6.07, 6.45) is 1.49. The molecule has 4 aliphatic rings. The van der Waals surface area contributed by atoms with Crippen LogP contribution in [0.5, 0.6) is 11.5 Å². The fourth-order valence-electron chi connectivity index (χ4n) is 6.06. The second-order valence-corrected chi connectivity index (χ2v) is 9.90. The summed E-state index contributed by atoms with van der Waals surface area (Å²) >= 11 is 0. The predicted octanol–water partition coefficient (Wildman–Crippen LogP) is 2.75. The number of carbonyl (C=O) groups is 1. The molecule has 0 N–H and O–H groups in total. The maximum Gasteiger partial charge on any atom is 0.414 e. The average molecular weight is 493 g/mol. The first kappa shape index (κ1) is 21.6. The molecular formula is C26H25FN4O5. The third kappa shape index (κ3) is 3.42. The molecule has 2 aromatic heterocycles. The molecule has 0 bridgehead atoms. The molecule has 2 fully saturated rings. The molecule has 7 rings (SSSR count). The molecule has 6 heterocycles. The number of ether oxygens (including phenoxy) is 3.